The second-order valence-electron chi connectivity index (χ2n) is 6.74. The van der Waals surface area contributed by atoms with Gasteiger partial charge in [-0.1, -0.05) is 24.3 Å². The fourth-order valence-electron chi connectivity index (χ4n) is 2.91. The molecule has 2 aromatic carbocycles. The van der Waals surface area contributed by atoms with E-state index in [-0.39, 0.29) is 5.91 Å². The second-order valence-corrected chi connectivity index (χ2v) is 6.74. The molecule has 0 bridgehead atoms. The monoisotopic (exact) mass is 399 g/mol. The molecular formula is C24H21N3O3. The van der Waals surface area contributed by atoms with Gasteiger partial charge in [-0.2, -0.15) is 0 Å². The van der Waals surface area contributed by atoms with E-state index in [2.05, 4.69) is 15.3 Å². The number of nitrogens with zero attached hydrogens (tertiary/aromatic N) is 2. The molecule has 0 atom stereocenters. The first kappa shape index (κ1) is 19.4. The molecule has 0 radical (unpaired) electrons. The van der Waals surface area contributed by atoms with Crippen molar-refractivity contribution in [2.24, 2.45) is 0 Å². The number of carbonyl (C=O) groups excluding carboxylic acids is 1. The van der Waals surface area contributed by atoms with E-state index in [0.29, 0.717) is 30.4 Å². The number of nitrogens with one attached hydrogen (secondary N) is 1. The van der Waals surface area contributed by atoms with Crippen molar-refractivity contribution in [2.75, 3.05) is 0 Å². The van der Waals surface area contributed by atoms with Crippen molar-refractivity contribution in [1.29, 1.82) is 0 Å². The molecule has 1 N–H and O–H groups in total. The molecule has 0 spiro atoms. The molecule has 2 aromatic heterocycles. The van der Waals surface area contributed by atoms with Gasteiger partial charge in [0.2, 0.25) is 5.89 Å². The Balaban J connectivity index is 1.39. The van der Waals surface area contributed by atoms with Crippen LogP contribution in [0.4, 0.5) is 0 Å². The zero-order valence-corrected chi connectivity index (χ0v) is 16.5. The molecule has 0 aliphatic carbocycles. The molecule has 0 aliphatic rings. The van der Waals surface area contributed by atoms with Crippen LogP contribution in [0.15, 0.2) is 83.5 Å². The smallest absolute Gasteiger partial charge is 0.251 e. The topological polar surface area (TPSA) is 77.3 Å². The summed E-state index contributed by atoms with van der Waals surface area (Å²) in [5.41, 5.74) is 3.06. The Morgan fingerprint density at radius 3 is 2.57 bits per heavy atom. The summed E-state index contributed by atoms with van der Waals surface area (Å²) in [6.45, 7) is 2.62. The Morgan fingerprint density at radius 2 is 1.83 bits per heavy atom. The summed E-state index contributed by atoms with van der Waals surface area (Å²) in [6, 6.07) is 20.5. The first-order valence-corrected chi connectivity index (χ1v) is 9.61. The molecule has 4 aromatic rings. The van der Waals surface area contributed by atoms with E-state index in [1.165, 1.54) is 0 Å². The van der Waals surface area contributed by atoms with Gasteiger partial charge >= 0.3 is 0 Å². The molecular weight excluding hydrogens is 378 g/mol. The molecule has 0 saturated heterocycles. The highest BCUT2D eigenvalue weighted by Crippen LogP contribution is 2.23. The average molecular weight is 399 g/mol. The molecule has 30 heavy (non-hydrogen) atoms. The summed E-state index contributed by atoms with van der Waals surface area (Å²) in [7, 11) is 0. The highest BCUT2D eigenvalue weighted by molar-refractivity contribution is 5.94. The van der Waals surface area contributed by atoms with Crippen molar-refractivity contribution in [3.63, 3.8) is 0 Å². The number of ether oxygens (including phenoxy) is 1. The van der Waals surface area contributed by atoms with Crippen molar-refractivity contribution in [1.82, 2.24) is 15.3 Å². The maximum atomic E-state index is 12.4. The molecule has 150 valence electrons. The van der Waals surface area contributed by atoms with E-state index in [9.17, 15) is 4.79 Å². The Hall–Kier alpha value is -3.93. The number of pyridine rings is 1. The number of aryl methyl sites for hydroxylation is 1. The van der Waals surface area contributed by atoms with Crippen LogP contribution in [0.3, 0.4) is 0 Å². The predicted octanol–water partition coefficient (Wildman–Crippen LogP) is 4.55. The third-order valence-electron chi connectivity index (χ3n) is 4.58. The number of oxazole rings is 1. The first-order chi connectivity index (χ1) is 14.7. The van der Waals surface area contributed by atoms with E-state index in [1.807, 2.05) is 61.5 Å². The Kier molecular flexibility index (Phi) is 5.85. The van der Waals surface area contributed by atoms with Gasteiger partial charge in [-0.25, -0.2) is 4.98 Å². The van der Waals surface area contributed by atoms with Crippen molar-refractivity contribution >= 4 is 5.91 Å². The van der Waals surface area contributed by atoms with Gasteiger partial charge in [0.1, 0.15) is 23.8 Å². The minimum atomic E-state index is -0.147. The van der Waals surface area contributed by atoms with Gasteiger partial charge in [-0.15, -0.1) is 0 Å². The van der Waals surface area contributed by atoms with E-state index in [0.717, 1.165) is 22.6 Å². The molecule has 0 fully saturated rings. The maximum absolute atomic E-state index is 12.4. The van der Waals surface area contributed by atoms with Crippen LogP contribution in [0.25, 0.3) is 11.5 Å². The van der Waals surface area contributed by atoms with Gasteiger partial charge in [0.05, 0.1) is 0 Å². The summed E-state index contributed by atoms with van der Waals surface area (Å²) < 4.78 is 11.6. The van der Waals surface area contributed by atoms with Gasteiger partial charge in [-0.3, -0.25) is 9.78 Å². The second kappa shape index (κ2) is 9.05. The van der Waals surface area contributed by atoms with Gasteiger partial charge in [0.15, 0.2) is 0 Å². The number of benzene rings is 2. The lowest BCUT2D eigenvalue weighted by Crippen LogP contribution is -2.22. The quantitative estimate of drug-likeness (QED) is 0.493. The lowest BCUT2D eigenvalue weighted by molar-refractivity contribution is 0.0951. The van der Waals surface area contributed by atoms with Gasteiger partial charge in [-0.05, 0) is 55.0 Å². The van der Waals surface area contributed by atoms with E-state index in [4.69, 9.17) is 9.15 Å². The molecule has 6 nitrogen and oxygen atoms in total. The number of aromatic nitrogens is 2. The Morgan fingerprint density at radius 1 is 1.03 bits per heavy atom. The number of carbonyl (C=O) groups is 1. The lowest BCUT2D eigenvalue weighted by atomic mass is 10.1. The number of amides is 1. The van der Waals surface area contributed by atoms with Crippen LogP contribution in [0, 0.1) is 6.92 Å². The van der Waals surface area contributed by atoms with Crippen molar-refractivity contribution in [3.05, 3.63) is 102 Å². The van der Waals surface area contributed by atoms with Gasteiger partial charge in [0, 0.05) is 30.1 Å². The first-order valence-electron chi connectivity index (χ1n) is 9.61. The summed E-state index contributed by atoms with van der Waals surface area (Å²) in [5, 5.41) is 2.89. The van der Waals surface area contributed by atoms with Crippen LogP contribution < -0.4 is 10.1 Å². The number of hydrogen-bond acceptors (Lipinski definition) is 5. The van der Waals surface area contributed by atoms with E-state index >= 15 is 0 Å². The zero-order chi connectivity index (χ0) is 20.8. The number of hydrogen-bond donors (Lipinski definition) is 1. The molecule has 2 heterocycles. The number of rotatable bonds is 7. The van der Waals surface area contributed by atoms with Crippen LogP contribution in [-0.2, 0) is 13.2 Å². The molecule has 0 aliphatic heterocycles. The van der Waals surface area contributed by atoms with Crippen molar-refractivity contribution in [3.8, 4) is 17.2 Å². The molecule has 4 rings (SSSR count). The third-order valence-corrected chi connectivity index (χ3v) is 4.58. The van der Waals surface area contributed by atoms with Crippen LogP contribution in [0.2, 0.25) is 0 Å². The van der Waals surface area contributed by atoms with Crippen LogP contribution in [0.5, 0.6) is 5.75 Å². The fourth-order valence-corrected chi connectivity index (χ4v) is 2.91. The third kappa shape index (κ3) is 4.72. The summed E-state index contributed by atoms with van der Waals surface area (Å²) in [4.78, 5) is 20.9. The minimum Gasteiger partial charge on any atom is -0.487 e. The van der Waals surface area contributed by atoms with Crippen LogP contribution in [-0.4, -0.2) is 15.9 Å². The normalized spacial score (nSPS) is 10.6. The van der Waals surface area contributed by atoms with Gasteiger partial charge < -0.3 is 14.5 Å². The Bertz CT molecular complexity index is 1110. The summed E-state index contributed by atoms with van der Waals surface area (Å²) in [5.74, 6) is 1.84. The highest BCUT2D eigenvalue weighted by atomic mass is 16.5. The Labute approximate surface area is 174 Å². The molecule has 0 saturated carbocycles. The van der Waals surface area contributed by atoms with E-state index in [1.54, 1.807) is 24.5 Å². The standard InChI is InChI=1S/C24H21N3O3/c1-17-22(16-29-21-7-3-2-4-8-21)27-24(30-17)20-11-9-19(10-12-20)23(28)26-15-18-6-5-13-25-14-18/h2-14H,15-16H2,1H3,(H,26,28). The zero-order valence-electron chi connectivity index (χ0n) is 16.5. The lowest BCUT2D eigenvalue weighted by Gasteiger charge is -2.05. The predicted molar refractivity (Wildman–Crippen MR) is 113 cm³/mol. The van der Waals surface area contributed by atoms with Crippen LogP contribution >= 0.6 is 0 Å². The minimum absolute atomic E-state index is 0.147. The molecule has 6 heteroatoms. The largest absolute Gasteiger partial charge is 0.487 e. The van der Waals surface area contributed by atoms with Crippen molar-refractivity contribution < 1.29 is 13.9 Å². The van der Waals surface area contributed by atoms with Crippen molar-refractivity contribution in [2.45, 2.75) is 20.1 Å². The molecule has 0 unspecified atom stereocenters. The maximum Gasteiger partial charge on any atom is 0.251 e. The van der Waals surface area contributed by atoms with Crippen LogP contribution in [0.1, 0.15) is 27.4 Å². The molecule has 1 amide bonds. The van der Waals surface area contributed by atoms with E-state index < -0.39 is 0 Å². The summed E-state index contributed by atoms with van der Waals surface area (Å²) in [6.07, 6.45) is 3.43. The fraction of sp³-hybridized carbons (Fsp3) is 0.125. The summed E-state index contributed by atoms with van der Waals surface area (Å²) >= 11 is 0. The number of para-hydroxylation sites is 1. The van der Waals surface area contributed by atoms with Gasteiger partial charge in [0.25, 0.3) is 5.91 Å². The average Bonchev–Trinajstić information content (AvgIpc) is 3.18. The SMILES string of the molecule is Cc1oc(-c2ccc(C(=O)NCc3cccnc3)cc2)nc1COc1ccccc1. The highest BCUT2D eigenvalue weighted by Gasteiger charge is 2.13.